The summed E-state index contributed by atoms with van der Waals surface area (Å²) in [7, 11) is 1.36. The Balaban J connectivity index is 2.05. The Hall–Kier alpha value is -1.82. The molecule has 5 nitrogen and oxygen atoms in total. The molecule has 0 aliphatic carbocycles. The first kappa shape index (κ1) is 11.7. The van der Waals surface area contributed by atoms with Crippen LogP contribution in [0.3, 0.4) is 0 Å². The predicted molar refractivity (Wildman–Crippen MR) is 64.2 cm³/mol. The summed E-state index contributed by atoms with van der Waals surface area (Å²) in [5.41, 5.74) is 0.670. The first-order valence-electron chi connectivity index (χ1n) is 5.02. The number of furan rings is 1. The van der Waals surface area contributed by atoms with Gasteiger partial charge in [-0.1, -0.05) is 11.3 Å². The highest BCUT2D eigenvalue weighted by Crippen LogP contribution is 2.23. The molecule has 0 amide bonds. The van der Waals surface area contributed by atoms with Crippen molar-refractivity contribution < 1.29 is 13.9 Å². The number of thiazole rings is 1. The summed E-state index contributed by atoms with van der Waals surface area (Å²) >= 11 is 1.28. The van der Waals surface area contributed by atoms with E-state index in [1.807, 2.05) is 12.1 Å². The lowest BCUT2D eigenvalue weighted by Crippen LogP contribution is -1.99. The number of aryl methyl sites for hydroxylation is 1. The minimum Gasteiger partial charge on any atom is -0.467 e. The van der Waals surface area contributed by atoms with Gasteiger partial charge in [-0.15, -0.1) is 0 Å². The van der Waals surface area contributed by atoms with Gasteiger partial charge in [-0.2, -0.15) is 0 Å². The maximum absolute atomic E-state index is 11.4. The monoisotopic (exact) mass is 252 g/mol. The number of rotatable bonds is 4. The number of aromatic nitrogens is 1. The van der Waals surface area contributed by atoms with Crippen molar-refractivity contribution in [3.05, 3.63) is 34.7 Å². The van der Waals surface area contributed by atoms with E-state index in [1.54, 1.807) is 13.2 Å². The molecule has 2 heterocycles. The van der Waals surface area contributed by atoms with Gasteiger partial charge in [0.15, 0.2) is 5.13 Å². The lowest BCUT2D eigenvalue weighted by atomic mass is 10.4. The molecule has 0 atom stereocenters. The molecule has 6 heteroatoms. The highest BCUT2D eigenvalue weighted by Gasteiger charge is 2.15. The van der Waals surface area contributed by atoms with Crippen LogP contribution in [0.5, 0.6) is 0 Å². The maximum Gasteiger partial charge on any atom is 0.350 e. The van der Waals surface area contributed by atoms with Gasteiger partial charge in [0.1, 0.15) is 10.6 Å². The zero-order valence-corrected chi connectivity index (χ0v) is 10.3. The average molecular weight is 252 g/mol. The fraction of sp³-hybridized carbons (Fsp3) is 0.273. The molecule has 2 rings (SSSR count). The van der Waals surface area contributed by atoms with Crippen LogP contribution >= 0.6 is 11.3 Å². The molecule has 0 bridgehead atoms. The summed E-state index contributed by atoms with van der Waals surface area (Å²) in [6, 6.07) is 3.69. The van der Waals surface area contributed by atoms with Crippen LogP contribution in [0.25, 0.3) is 0 Å². The highest BCUT2D eigenvalue weighted by atomic mass is 32.1. The molecule has 0 saturated heterocycles. The summed E-state index contributed by atoms with van der Waals surface area (Å²) in [4.78, 5) is 16.1. The van der Waals surface area contributed by atoms with Gasteiger partial charge in [0.25, 0.3) is 0 Å². The standard InChI is InChI=1S/C11H12N2O3S/c1-7-9(10(14)15-2)17-11(13-7)12-6-8-4-3-5-16-8/h3-5H,6H2,1-2H3,(H,12,13). The fourth-order valence-electron chi connectivity index (χ4n) is 1.33. The van der Waals surface area contributed by atoms with Crippen molar-refractivity contribution in [3.8, 4) is 0 Å². The van der Waals surface area contributed by atoms with E-state index in [9.17, 15) is 4.79 Å². The van der Waals surface area contributed by atoms with E-state index in [2.05, 4.69) is 15.0 Å². The number of carbonyl (C=O) groups is 1. The Bertz CT molecular complexity index is 505. The zero-order chi connectivity index (χ0) is 12.3. The van der Waals surface area contributed by atoms with Gasteiger partial charge in [-0.05, 0) is 19.1 Å². The second-order valence-electron chi connectivity index (χ2n) is 3.36. The molecular formula is C11H12N2O3S. The molecule has 2 aromatic rings. The first-order chi connectivity index (χ1) is 8.20. The van der Waals surface area contributed by atoms with Crippen LogP contribution in [-0.2, 0) is 11.3 Å². The van der Waals surface area contributed by atoms with Gasteiger partial charge in [0.2, 0.25) is 0 Å². The van der Waals surface area contributed by atoms with Crippen LogP contribution in [-0.4, -0.2) is 18.1 Å². The smallest absolute Gasteiger partial charge is 0.350 e. The first-order valence-corrected chi connectivity index (χ1v) is 5.84. The van der Waals surface area contributed by atoms with E-state index < -0.39 is 0 Å². The number of ether oxygens (including phenoxy) is 1. The molecule has 0 saturated carbocycles. The van der Waals surface area contributed by atoms with E-state index in [4.69, 9.17) is 4.42 Å². The number of esters is 1. The summed E-state index contributed by atoms with van der Waals surface area (Å²) in [5.74, 6) is 0.462. The van der Waals surface area contributed by atoms with Gasteiger partial charge in [0, 0.05) is 0 Å². The Labute approximate surface area is 102 Å². The normalized spacial score (nSPS) is 10.2. The molecule has 90 valence electrons. The zero-order valence-electron chi connectivity index (χ0n) is 9.52. The third kappa shape index (κ3) is 2.65. The SMILES string of the molecule is COC(=O)c1sc(NCc2ccco2)nc1C. The van der Waals surface area contributed by atoms with Crippen molar-refractivity contribution in [2.45, 2.75) is 13.5 Å². The van der Waals surface area contributed by atoms with Crippen molar-refractivity contribution in [3.63, 3.8) is 0 Å². The number of carbonyl (C=O) groups excluding carboxylic acids is 1. The number of nitrogens with zero attached hydrogens (tertiary/aromatic N) is 1. The quantitative estimate of drug-likeness (QED) is 0.847. The molecule has 17 heavy (non-hydrogen) atoms. The summed E-state index contributed by atoms with van der Waals surface area (Å²) < 4.78 is 9.85. The lowest BCUT2D eigenvalue weighted by molar-refractivity contribution is 0.0605. The third-order valence-corrected chi connectivity index (χ3v) is 3.26. The van der Waals surface area contributed by atoms with Crippen molar-refractivity contribution >= 4 is 22.4 Å². The van der Waals surface area contributed by atoms with Gasteiger partial charge < -0.3 is 14.5 Å². The second kappa shape index (κ2) is 5.01. The summed E-state index contributed by atoms with van der Waals surface area (Å²) in [5, 5.41) is 3.77. The average Bonchev–Trinajstić information content (AvgIpc) is 2.94. The molecular weight excluding hydrogens is 240 g/mol. The van der Waals surface area contributed by atoms with Crippen molar-refractivity contribution in [2.24, 2.45) is 0 Å². The molecule has 0 spiro atoms. The van der Waals surface area contributed by atoms with E-state index >= 15 is 0 Å². The molecule has 1 N–H and O–H groups in total. The largest absolute Gasteiger partial charge is 0.467 e. The number of anilines is 1. The van der Waals surface area contributed by atoms with Gasteiger partial charge in [-0.25, -0.2) is 9.78 Å². The lowest BCUT2D eigenvalue weighted by Gasteiger charge is -1.97. The second-order valence-corrected chi connectivity index (χ2v) is 4.36. The molecule has 0 aliphatic heterocycles. The molecule has 0 aliphatic rings. The topological polar surface area (TPSA) is 64.4 Å². The van der Waals surface area contributed by atoms with Crippen LogP contribution in [0, 0.1) is 6.92 Å². The Kier molecular flexibility index (Phi) is 3.43. The number of methoxy groups -OCH3 is 1. The Morgan fingerprint density at radius 2 is 2.47 bits per heavy atom. The van der Waals surface area contributed by atoms with E-state index in [1.165, 1.54) is 18.4 Å². The summed E-state index contributed by atoms with van der Waals surface area (Å²) in [6.07, 6.45) is 1.62. The molecule has 0 fully saturated rings. The Morgan fingerprint density at radius 3 is 3.12 bits per heavy atom. The molecule has 0 unspecified atom stereocenters. The highest BCUT2D eigenvalue weighted by molar-refractivity contribution is 7.17. The van der Waals surface area contributed by atoms with E-state index in [-0.39, 0.29) is 5.97 Å². The predicted octanol–water partition coefficient (Wildman–Crippen LogP) is 2.44. The van der Waals surface area contributed by atoms with Crippen molar-refractivity contribution in [2.75, 3.05) is 12.4 Å². The number of hydrogen-bond donors (Lipinski definition) is 1. The maximum atomic E-state index is 11.4. The molecule has 2 aromatic heterocycles. The molecule has 0 radical (unpaired) electrons. The number of hydrogen-bond acceptors (Lipinski definition) is 6. The van der Waals surface area contributed by atoms with Crippen LogP contribution in [0.2, 0.25) is 0 Å². The van der Waals surface area contributed by atoms with Crippen LogP contribution in [0.1, 0.15) is 21.1 Å². The number of nitrogens with one attached hydrogen (secondary N) is 1. The third-order valence-electron chi connectivity index (χ3n) is 2.16. The summed E-state index contributed by atoms with van der Waals surface area (Å²) in [6.45, 7) is 2.32. The van der Waals surface area contributed by atoms with Gasteiger partial charge in [-0.3, -0.25) is 0 Å². The van der Waals surface area contributed by atoms with Crippen molar-refractivity contribution in [1.82, 2.24) is 4.98 Å². The van der Waals surface area contributed by atoms with Gasteiger partial charge in [0.05, 0.1) is 25.6 Å². The van der Waals surface area contributed by atoms with E-state index in [0.29, 0.717) is 22.2 Å². The van der Waals surface area contributed by atoms with Crippen LogP contribution < -0.4 is 5.32 Å². The van der Waals surface area contributed by atoms with E-state index in [0.717, 1.165) is 5.76 Å². The van der Waals surface area contributed by atoms with Crippen molar-refractivity contribution in [1.29, 1.82) is 0 Å². The minimum atomic E-state index is -0.356. The van der Waals surface area contributed by atoms with Gasteiger partial charge >= 0.3 is 5.97 Å². The van der Waals surface area contributed by atoms with Crippen LogP contribution in [0.4, 0.5) is 5.13 Å². The Morgan fingerprint density at radius 1 is 1.65 bits per heavy atom. The molecule has 0 aromatic carbocycles. The van der Waals surface area contributed by atoms with Crippen LogP contribution in [0.15, 0.2) is 22.8 Å². The minimum absolute atomic E-state index is 0.356. The fourth-order valence-corrected chi connectivity index (χ4v) is 2.21.